The highest BCUT2D eigenvalue weighted by Crippen LogP contribution is 2.22. The minimum absolute atomic E-state index is 0.0320. The number of benzene rings is 1. The van der Waals surface area contributed by atoms with Crippen molar-refractivity contribution < 1.29 is 18.1 Å². The number of nitrogens with zero attached hydrogens (tertiary/aromatic N) is 3. The Labute approximate surface area is 147 Å². The maximum absolute atomic E-state index is 12.8. The van der Waals surface area contributed by atoms with E-state index in [-0.39, 0.29) is 35.5 Å². The summed E-state index contributed by atoms with van der Waals surface area (Å²) in [7, 11) is -3.82. The van der Waals surface area contributed by atoms with Gasteiger partial charge in [0.15, 0.2) is 0 Å². The predicted octanol–water partition coefficient (Wildman–Crippen LogP) is 1.86. The minimum Gasteiger partial charge on any atom is -0.341 e. The summed E-state index contributed by atoms with van der Waals surface area (Å²) in [6.45, 7) is 5.27. The van der Waals surface area contributed by atoms with Crippen LogP contribution in [0, 0.1) is 16.0 Å². The molecule has 1 heterocycles. The van der Waals surface area contributed by atoms with Crippen molar-refractivity contribution in [2.24, 2.45) is 5.92 Å². The Morgan fingerprint density at radius 3 is 2.60 bits per heavy atom. The molecule has 0 aromatic heterocycles. The van der Waals surface area contributed by atoms with Crippen LogP contribution in [-0.2, 0) is 14.8 Å². The van der Waals surface area contributed by atoms with E-state index in [0.717, 1.165) is 6.07 Å². The molecule has 2 rings (SSSR count). The molecule has 25 heavy (non-hydrogen) atoms. The third-order valence-corrected chi connectivity index (χ3v) is 5.95. The number of nitro groups is 1. The number of carbonyl (C=O) groups is 1. The van der Waals surface area contributed by atoms with Crippen molar-refractivity contribution in [2.45, 2.75) is 31.6 Å². The summed E-state index contributed by atoms with van der Waals surface area (Å²) in [5.41, 5.74) is -0.260. The quantitative estimate of drug-likeness (QED) is 0.582. The van der Waals surface area contributed by atoms with Gasteiger partial charge in [-0.1, -0.05) is 19.9 Å². The Bertz CT molecular complexity index is 748. The van der Waals surface area contributed by atoms with Gasteiger partial charge in [-0.2, -0.15) is 4.31 Å². The summed E-state index contributed by atoms with van der Waals surface area (Å²) in [6.07, 6.45) is 0.982. The lowest BCUT2D eigenvalue weighted by Crippen LogP contribution is -2.37. The molecule has 1 aliphatic heterocycles. The molecule has 0 atom stereocenters. The first kappa shape index (κ1) is 19.3. The second kappa shape index (κ2) is 7.92. The lowest BCUT2D eigenvalue weighted by molar-refractivity contribution is -0.385. The van der Waals surface area contributed by atoms with E-state index in [4.69, 9.17) is 0 Å². The van der Waals surface area contributed by atoms with Gasteiger partial charge in [-0.05, 0) is 18.4 Å². The first-order chi connectivity index (χ1) is 11.7. The van der Waals surface area contributed by atoms with Crippen molar-refractivity contribution in [3.63, 3.8) is 0 Å². The van der Waals surface area contributed by atoms with Crippen LogP contribution in [0.25, 0.3) is 0 Å². The molecule has 0 unspecified atom stereocenters. The highest BCUT2D eigenvalue weighted by Gasteiger charge is 2.29. The van der Waals surface area contributed by atoms with Crippen molar-refractivity contribution in [1.82, 2.24) is 9.21 Å². The molecule has 0 aliphatic carbocycles. The molecule has 0 saturated carbocycles. The maximum atomic E-state index is 12.8. The fourth-order valence-electron chi connectivity index (χ4n) is 2.77. The standard InChI is InChI=1S/C16H23N3O5S/c1-13(2)11-16(20)17-7-4-8-18(10-9-17)25(23,24)15-6-3-5-14(12-15)19(21)22/h3,5-6,12-13H,4,7-11H2,1-2H3. The topological polar surface area (TPSA) is 101 Å². The van der Waals surface area contributed by atoms with Gasteiger partial charge in [-0.15, -0.1) is 0 Å². The van der Waals surface area contributed by atoms with Crippen molar-refractivity contribution in [2.75, 3.05) is 26.2 Å². The second-order valence-electron chi connectivity index (χ2n) is 6.49. The van der Waals surface area contributed by atoms with Crippen molar-refractivity contribution in [3.05, 3.63) is 34.4 Å². The van der Waals surface area contributed by atoms with Gasteiger partial charge in [0, 0.05) is 44.7 Å². The predicted molar refractivity (Wildman–Crippen MR) is 92.5 cm³/mol. The molecule has 8 nitrogen and oxygen atoms in total. The monoisotopic (exact) mass is 369 g/mol. The van der Waals surface area contributed by atoms with E-state index < -0.39 is 14.9 Å². The molecule has 1 aliphatic rings. The highest BCUT2D eigenvalue weighted by atomic mass is 32.2. The molecule has 0 spiro atoms. The Balaban J connectivity index is 2.14. The first-order valence-corrected chi connectivity index (χ1v) is 9.68. The zero-order chi connectivity index (χ0) is 18.6. The molecule has 0 N–H and O–H groups in total. The zero-order valence-corrected chi connectivity index (χ0v) is 15.2. The van der Waals surface area contributed by atoms with Crippen LogP contribution in [0.1, 0.15) is 26.7 Å². The molecule has 1 fully saturated rings. The maximum Gasteiger partial charge on any atom is 0.270 e. The van der Waals surface area contributed by atoms with Gasteiger partial charge >= 0.3 is 0 Å². The van der Waals surface area contributed by atoms with Crippen molar-refractivity contribution >= 4 is 21.6 Å². The Morgan fingerprint density at radius 2 is 1.96 bits per heavy atom. The smallest absolute Gasteiger partial charge is 0.270 e. The summed E-state index contributed by atoms with van der Waals surface area (Å²) >= 11 is 0. The number of rotatable bonds is 5. The van der Waals surface area contributed by atoms with Gasteiger partial charge in [-0.3, -0.25) is 14.9 Å². The van der Waals surface area contributed by atoms with Crippen LogP contribution < -0.4 is 0 Å². The normalized spacial score (nSPS) is 16.7. The summed E-state index contributed by atoms with van der Waals surface area (Å²) in [5.74, 6) is 0.282. The molecule has 1 aromatic rings. The van der Waals surface area contributed by atoms with Crippen LogP contribution in [0.5, 0.6) is 0 Å². The zero-order valence-electron chi connectivity index (χ0n) is 14.4. The van der Waals surface area contributed by atoms with Crippen LogP contribution in [0.4, 0.5) is 5.69 Å². The molecule has 138 valence electrons. The largest absolute Gasteiger partial charge is 0.341 e. The fraction of sp³-hybridized carbons (Fsp3) is 0.562. The average molecular weight is 369 g/mol. The summed E-state index contributed by atoms with van der Waals surface area (Å²) < 4.78 is 26.8. The van der Waals surface area contributed by atoms with E-state index in [1.165, 1.54) is 22.5 Å². The number of sulfonamides is 1. The van der Waals surface area contributed by atoms with Crippen LogP contribution >= 0.6 is 0 Å². The van der Waals surface area contributed by atoms with Crippen molar-refractivity contribution in [1.29, 1.82) is 0 Å². The number of amides is 1. The van der Waals surface area contributed by atoms with E-state index >= 15 is 0 Å². The van der Waals surface area contributed by atoms with Crippen LogP contribution in [0.3, 0.4) is 0 Å². The number of non-ortho nitro benzene ring substituents is 1. The summed E-state index contributed by atoms with van der Waals surface area (Å²) in [5, 5.41) is 10.9. The van der Waals surface area contributed by atoms with Crippen molar-refractivity contribution in [3.8, 4) is 0 Å². The van der Waals surface area contributed by atoms with Gasteiger partial charge in [0.2, 0.25) is 15.9 Å². The van der Waals surface area contributed by atoms with Crippen LogP contribution in [-0.4, -0.2) is 54.6 Å². The van der Waals surface area contributed by atoms with Crippen LogP contribution in [0.2, 0.25) is 0 Å². The lowest BCUT2D eigenvalue weighted by atomic mass is 10.1. The summed E-state index contributed by atoms with van der Waals surface area (Å²) in [6, 6.07) is 5.05. The molecule has 0 radical (unpaired) electrons. The fourth-order valence-corrected chi connectivity index (χ4v) is 4.28. The van der Waals surface area contributed by atoms with Gasteiger partial charge in [0.1, 0.15) is 0 Å². The van der Waals surface area contributed by atoms with E-state index in [1.807, 2.05) is 13.8 Å². The molecule has 1 saturated heterocycles. The third kappa shape index (κ3) is 4.76. The van der Waals surface area contributed by atoms with Gasteiger partial charge in [0.25, 0.3) is 5.69 Å². The highest BCUT2D eigenvalue weighted by molar-refractivity contribution is 7.89. The van der Waals surface area contributed by atoms with E-state index in [1.54, 1.807) is 4.90 Å². The summed E-state index contributed by atoms with van der Waals surface area (Å²) in [4.78, 5) is 24.0. The number of hydrogen-bond acceptors (Lipinski definition) is 5. The third-order valence-electron chi connectivity index (χ3n) is 4.06. The molecule has 0 bridgehead atoms. The SMILES string of the molecule is CC(C)CC(=O)N1CCCN(S(=O)(=O)c2cccc([N+](=O)[O-])c2)CC1. The average Bonchev–Trinajstić information content (AvgIpc) is 2.81. The molecule has 1 aromatic carbocycles. The van der Waals surface area contributed by atoms with Gasteiger partial charge < -0.3 is 4.90 Å². The first-order valence-electron chi connectivity index (χ1n) is 8.24. The number of hydrogen-bond donors (Lipinski definition) is 0. The Hall–Kier alpha value is -2.00. The molecule has 1 amide bonds. The molecular formula is C16H23N3O5S. The molecular weight excluding hydrogens is 346 g/mol. The van der Waals surface area contributed by atoms with Crippen LogP contribution in [0.15, 0.2) is 29.2 Å². The number of carbonyl (C=O) groups excluding carboxylic acids is 1. The Morgan fingerprint density at radius 1 is 1.24 bits per heavy atom. The van der Waals surface area contributed by atoms with E-state index in [9.17, 15) is 23.3 Å². The van der Waals surface area contributed by atoms with Gasteiger partial charge in [0.05, 0.1) is 9.82 Å². The Kier molecular flexibility index (Phi) is 6.12. The van der Waals surface area contributed by atoms with E-state index in [2.05, 4.69) is 0 Å². The molecule has 9 heteroatoms. The minimum atomic E-state index is -3.82. The lowest BCUT2D eigenvalue weighted by Gasteiger charge is -2.22. The van der Waals surface area contributed by atoms with Gasteiger partial charge in [-0.25, -0.2) is 8.42 Å². The second-order valence-corrected chi connectivity index (χ2v) is 8.43. The number of nitro benzene ring substituents is 1. The van der Waals surface area contributed by atoms with E-state index in [0.29, 0.717) is 25.9 Å².